The number of carbonyl (C=O) groups excluding carboxylic acids is 1. The summed E-state index contributed by atoms with van der Waals surface area (Å²) < 4.78 is 13.0. The summed E-state index contributed by atoms with van der Waals surface area (Å²) in [7, 11) is 0. The minimum absolute atomic E-state index is 0.0283. The van der Waals surface area contributed by atoms with Gasteiger partial charge in [0.2, 0.25) is 5.91 Å². The molecule has 3 nitrogen and oxygen atoms in total. The van der Waals surface area contributed by atoms with Crippen LogP contribution in [0.25, 0.3) is 0 Å². The van der Waals surface area contributed by atoms with E-state index in [0.29, 0.717) is 25.2 Å². The van der Waals surface area contributed by atoms with Gasteiger partial charge in [0.05, 0.1) is 0 Å². The van der Waals surface area contributed by atoms with Gasteiger partial charge in [0.1, 0.15) is 5.82 Å². The van der Waals surface area contributed by atoms with Crippen molar-refractivity contribution >= 4 is 11.6 Å². The molecule has 0 aliphatic rings. The lowest BCUT2D eigenvalue weighted by Gasteiger charge is -2.08. The molecule has 0 saturated carbocycles. The van der Waals surface area contributed by atoms with E-state index in [9.17, 15) is 9.18 Å². The Balaban J connectivity index is 1.69. The van der Waals surface area contributed by atoms with Gasteiger partial charge in [-0.1, -0.05) is 35.9 Å². The maximum absolute atomic E-state index is 13.0. The molecule has 0 heterocycles. The molecule has 0 saturated heterocycles. The van der Waals surface area contributed by atoms with E-state index in [1.165, 1.54) is 17.7 Å². The van der Waals surface area contributed by atoms with Gasteiger partial charge in [0.25, 0.3) is 0 Å². The maximum Gasteiger partial charge on any atom is 0.222 e. The molecular weight excluding hydrogens is 267 g/mol. The molecule has 110 valence electrons. The zero-order chi connectivity index (χ0) is 15.1. The normalized spacial score (nSPS) is 10.2. The summed E-state index contributed by atoms with van der Waals surface area (Å²) in [6.45, 7) is 3.03. The number of nitrogens with one attached hydrogen (secondary N) is 2. The lowest BCUT2D eigenvalue weighted by molar-refractivity contribution is -0.121. The monoisotopic (exact) mass is 286 g/mol. The molecule has 2 aromatic carbocycles. The molecule has 1 amide bonds. The van der Waals surface area contributed by atoms with Crippen molar-refractivity contribution < 1.29 is 9.18 Å². The first-order valence-corrected chi connectivity index (χ1v) is 6.95. The number of hydrogen-bond acceptors (Lipinski definition) is 2. The van der Waals surface area contributed by atoms with Gasteiger partial charge < -0.3 is 10.6 Å². The van der Waals surface area contributed by atoms with Gasteiger partial charge in [-0.05, 0) is 30.7 Å². The summed E-state index contributed by atoms with van der Waals surface area (Å²) in [5, 5.41) is 5.88. The van der Waals surface area contributed by atoms with Crippen molar-refractivity contribution in [3.8, 4) is 0 Å². The Hall–Kier alpha value is -2.36. The molecule has 0 unspecified atom stereocenters. The first-order chi connectivity index (χ1) is 10.1. The fourth-order valence-electron chi connectivity index (χ4n) is 1.91. The van der Waals surface area contributed by atoms with E-state index in [2.05, 4.69) is 10.6 Å². The zero-order valence-electron chi connectivity index (χ0n) is 12.0. The lowest BCUT2D eigenvalue weighted by atomic mass is 10.1. The average molecular weight is 286 g/mol. The second kappa shape index (κ2) is 7.43. The van der Waals surface area contributed by atoms with Crippen LogP contribution < -0.4 is 10.6 Å². The van der Waals surface area contributed by atoms with Crippen LogP contribution in [0.3, 0.4) is 0 Å². The van der Waals surface area contributed by atoms with Crippen LogP contribution in [0.2, 0.25) is 0 Å². The predicted octanol–water partition coefficient (Wildman–Crippen LogP) is 3.25. The fourth-order valence-corrected chi connectivity index (χ4v) is 1.91. The minimum atomic E-state index is -0.288. The van der Waals surface area contributed by atoms with Crippen molar-refractivity contribution in [2.75, 3.05) is 11.9 Å². The Morgan fingerprint density at radius 1 is 1.14 bits per heavy atom. The number of halogens is 1. The topological polar surface area (TPSA) is 41.1 Å². The summed E-state index contributed by atoms with van der Waals surface area (Å²) in [4.78, 5) is 11.7. The molecule has 2 N–H and O–H groups in total. The Labute approximate surface area is 124 Å². The number of benzene rings is 2. The quantitative estimate of drug-likeness (QED) is 0.856. The summed E-state index contributed by atoms with van der Waals surface area (Å²) >= 11 is 0. The molecule has 2 rings (SSSR count). The number of rotatable bonds is 6. The molecule has 0 aliphatic carbocycles. The summed E-state index contributed by atoms with van der Waals surface area (Å²) in [6.07, 6.45) is 0.350. The van der Waals surface area contributed by atoms with Crippen LogP contribution in [0.5, 0.6) is 0 Å². The van der Waals surface area contributed by atoms with E-state index in [1.807, 2.05) is 31.2 Å². The van der Waals surface area contributed by atoms with E-state index in [0.717, 1.165) is 5.56 Å². The van der Waals surface area contributed by atoms with Gasteiger partial charge >= 0.3 is 0 Å². The number of carbonyl (C=O) groups is 1. The molecule has 0 bridgehead atoms. The summed E-state index contributed by atoms with van der Waals surface area (Å²) in [5.74, 6) is -0.316. The van der Waals surface area contributed by atoms with Crippen LogP contribution in [0.15, 0.2) is 48.5 Å². The third kappa shape index (κ3) is 5.26. The molecule has 0 spiro atoms. The van der Waals surface area contributed by atoms with E-state index in [4.69, 9.17) is 0 Å². The van der Waals surface area contributed by atoms with Crippen LogP contribution in [0.4, 0.5) is 10.1 Å². The molecule has 21 heavy (non-hydrogen) atoms. The predicted molar refractivity (Wildman–Crippen MR) is 82.5 cm³/mol. The fraction of sp³-hybridized carbons (Fsp3) is 0.235. The number of anilines is 1. The maximum atomic E-state index is 13.0. The van der Waals surface area contributed by atoms with Crippen LogP contribution in [0, 0.1) is 12.7 Å². The van der Waals surface area contributed by atoms with Gasteiger partial charge in [-0.15, -0.1) is 0 Å². The standard InChI is InChI=1S/C17H19FN2O/c1-13-5-7-14(8-6-13)12-20-17(21)9-10-19-16-4-2-3-15(18)11-16/h2-8,11,19H,9-10,12H2,1H3,(H,20,21). The van der Waals surface area contributed by atoms with E-state index in [1.54, 1.807) is 12.1 Å². The molecule has 0 atom stereocenters. The largest absolute Gasteiger partial charge is 0.384 e. The van der Waals surface area contributed by atoms with Crippen LogP contribution >= 0.6 is 0 Å². The van der Waals surface area contributed by atoms with Crippen molar-refractivity contribution in [1.29, 1.82) is 0 Å². The molecule has 2 aromatic rings. The SMILES string of the molecule is Cc1ccc(CNC(=O)CCNc2cccc(F)c2)cc1. The smallest absolute Gasteiger partial charge is 0.222 e. The van der Waals surface area contributed by atoms with Crippen molar-refractivity contribution in [3.05, 3.63) is 65.5 Å². The van der Waals surface area contributed by atoms with E-state index < -0.39 is 0 Å². The van der Waals surface area contributed by atoms with E-state index in [-0.39, 0.29) is 11.7 Å². The van der Waals surface area contributed by atoms with Gasteiger partial charge in [0, 0.05) is 25.2 Å². The Morgan fingerprint density at radius 3 is 2.62 bits per heavy atom. The van der Waals surface area contributed by atoms with Crippen LogP contribution in [0.1, 0.15) is 17.5 Å². The highest BCUT2D eigenvalue weighted by Crippen LogP contribution is 2.08. The summed E-state index contributed by atoms with van der Waals surface area (Å²) in [5.41, 5.74) is 2.96. The highest BCUT2D eigenvalue weighted by molar-refractivity contribution is 5.76. The first kappa shape index (κ1) is 15.0. The molecule has 0 aromatic heterocycles. The van der Waals surface area contributed by atoms with E-state index >= 15 is 0 Å². The number of aryl methyl sites for hydroxylation is 1. The molecular formula is C17H19FN2O. The molecule has 0 radical (unpaired) electrons. The molecule has 0 fully saturated rings. The Kier molecular flexibility index (Phi) is 5.32. The van der Waals surface area contributed by atoms with Gasteiger partial charge in [-0.2, -0.15) is 0 Å². The van der Waals surface area contributed by atoms with Gasteiger partial charge in [-0.25, -0.2) is 4.39 Å². The molecule has 4 heteroatoms. The second-order valence-corrected chi connectivity index (χ2v) is 4.95. The van der Waals surface area contributed by atoms with Gasteiger partial charge in [-0.3, -0.25) is 4.79 Å². The average Bonchev–Trinajstić information content (AvgIpc) is 2.47. The Morgan fingerprint density at radius 2 is 1.90 bits per heavy atom. The third-order valence-electron chi connectivity index (χ3n) is 3.12. The zero-order valence-corrected chi connectivity index (χ0v) is 12.0. The van der Waals surface area contributed by atoms with Crippen LogP contribution in [-0.2, 0) is 11.3 Å². The Bertz CT molecular complexity index is 596. The lowest BCUT2D eigenvalue weighted by Crippen LogP contribution is -2.24. The number of hydrogen-bond donors (Lipinski definition) is 2. The van der Waals surface area contributed by atoms with Crippen molar-refractivity contribution in [1.82, 2.24) is 5.32 Å². The first-order valence-electron chi connectivity index (χ1n) is 6.95. The van der Waals surface area contributed by atoms with Crippen LogP contribution in [-0.4, -0.2) is 12.5 Å². The highest BCUT2D eigenvalue weighted by Gasteiger charge is 2.01. The van der Waals surface area contributed by atoms with Gasteiger partial charge in [0.15, 0.2) is 0 Å². The summed E-state index contributed by atoms with van der Waals surface area (Å²) in [6, 6.07) is 14.2. The second-order valence-electron chi connectivity index (χ2n) is 4.95. The minimum Gasteiger partial charge on any atom is -0.384 e. The number of amides is 1. The molecule has 0 aliphatic heterocycles. The van der Waals surface area contributed by atoms with Crippen molar-refractivity contribution in [2.24, 2.45) is 0 Å². The highest BCUT2D eigenvalue weighted by atomic mass is 19.1. The van der Waals surface area contributed by atoms with Crippen molar-refractivity contribution in [3.63, 3.8) is 0 Å². The van der Waals surface area contributed by atoms with Crippen molar-refractivity contribution in [2.45, 2.75) is 19.9 Å². The third-order valence-corrected chi connectivity index (χ3v) is 3.12.